The number of furan rings is 1. The molecule has 0 fully saturated rings. The van der Waals surface area contributed by atoms with Gasteiger partial charge in [-0.1, -0.05) is 109 Å². The Morgan fingerprint density at radius 3 is 1.89 bits per heavy atom. The van der Waals surface area contributed by atoms with Crippen LogP contribution in [0.3, 0.4) is 0 Å². The highest BCUT2D eigenvalue weighted by molar-refractivity contribution is 6.09. The van der Waals surface area contributed by atoms with Crippen LogP contribution in [0.5, 0.6) is 0 Å². The third-order valence-electron chi connectivity index (χ3n) is 7.42. The molecule has 38 heavy (non-hydrogen) atoms. The van der Waals surface area contributed by atoms with Crippen LogP contribution in [0.15, 0.2) is 150 Å². The second-order valence-electron chi connectivity index (χ2n) is 9.72. The van der Waals surface area contributed by atoms with Crippen molar-refractivity contribution in [2.24, 2.45) is 0 Å². The number of hydrogen-bond acceptors (Lipinski definition) is 2. The first kappa shape index (κ1) is 22.4. The summed E-state index contributed by atoms with van der Waals surface area (Å²) in [7, 11) is 0. The number of benzene rings is 5. The van der Waals surface area contributed by atoms with Gasteiger partial charge >= 0.3 is 0 Å². The normalized spacial score (nSPS) is 13.4. The van der Waals surface area contributed by atoms with Crippen LogP contribution in [-0.4, -0.2) is 0 Å². The number of nitrogens with zero attached hydrogens (tertiary/aromatic N) is 1. The van der Waals surface area contributed by atoms with E-state index < -0.39 is 0 Å². The zero-order valence-corrected chi connectivity index (χ0v) is 21.0. The van der Waals surface area contributed by atoms with Gasteiger partial charge in [0.05, 0.1) is 5.69 Å². The molecular formula is C36H27NO. The van der Waals surface area contributed by atoms with Crippen LogP contribution in [0, 0.1) is 0 Å². The highest BCUT2D eigenvalue weighted by Gasteiger charge is 2.22. The van der Waals surface area contributed by atoms with Crippen molar-refractivity contribution in [3.05, 3.63) is 151 Å². The minimum absolute atomic E-state index is 0.915. The van der Waals surface area contributed by atoms with Gasteiger partial charge in [-0.05, 0) is 65.4 Å². The fraction of sp³-hybridized carbons (Fsp3) is 0.0556. The number of anilines is 2. The predicted octanol–water partition coefficient (Wildman–Crippen LogP) is 10.2. The number of allylic oxidation sites excluding steroid dienone is 4. The molecule has 0 N–H and O–H groups in total. The van der Waals surface area contributed by atoms with E-state index in [4.69, 9.17) is 4.42 Å². The maximum atomic E-state index is 6.48. The molecule has 0 radical (unpaired) electrons. The Hall–Kier alpha value is -4.82. The minimum Gasteiger partial charge on any atom is -0.454 e. The second-order valence-corrected chi connectivity index (χ2v) is 9.72. The van der Waals surface area contributed by atoms with Gasteiger partial charge in [0, 0.05) is 22.2 Å². The molecule has 1 aliphatic rings. The van der Waals surface area contributed by atoms with E-state index in [1.54, 1.807) is 0 Å². The van der Waals surface area contributed by atoms with E-state index in [0.29, 0.717) is 0 Å². The van der Waals surface area contributed by atoms with E-state index in [0.717, 1.165) is 46.2 Å². The van der Waals surface area contributed by atoms with Crippen molar-refractivity contribution in [2.75, 3.05) is 4.90 Å². The van der Waals surface area contributed by atoms with E-state index >= 15 is 0 Å². The average Bonchev–Trinajstić information content (AvgIpc) is 3.39. The van der Waals surface area contributed by atoms with E-state index in [1.807, 2.05) is 12.1 Å². The van der Waals surface area contributed by atoms with Crippen LogP contribution >= 0.6 is 0 Å². The first-order valence-electron chi connectivity index (χ1n) is 13.2. The van der Waals surface area contributed by atoms with Crippen LogP contribution in [0.25, 0.3) is 38.6 Å². The van der Waals surface area contributed by atoms with Crippen LogP contribution in [0.1, 0.15) is 18.4 Å². The maximum absolute atomic E-state index is 6.48. The van der Waals surface area contributed by atoms with Gasteiger partial charge in [0.1, 0.15) is 5.58 Å². The Labute approximate surface area is 222 Å². The number of para-hydroxylation sites is 2. The summed E-state index contributed by atoms with van der Waals surface area (Å²) < 4.78 is 6.48. The monoisotopic (exact) mass is 489 g/mol. The van der Waals surface area contributed by atoms with Crippen molar-refractivity contribution in [1.29, 1.82) is 0 Å². The Balaban J connectivity index is 1.37. The number of fused-ring (bicyclic) bond motifs is 3. The van der Waals surface area contributed by atoms with Gasteiger partial charge in [-0.3, -0.25) is 0 Å². The lowest BCUT2D eigenvalue weighted by Crippen LogP contribution is -2.18. The molecule has 182 valence electrons. The van der Waals surface area contributed by atoms with Crippen molar-refractivity contribution < 1.29 is 4.42 Å². The average molecular weight is 490 g/mol. The summed E-state index contributed by atoms with van der Waals surface area (Å²) in [6, 6.07) is 44.8. The van der Waals surface area contributed by atoms with Gasteiger partial charge < -0.3 is 9.32 Å². The lowest BCUT2D eigenvalue weighted by Gasteiger charge is -2.30. The molecule has 0 aliphatic heterocycles. The van der Waals surface area contributed by atoms with Crippen LogP contribution in [0.2, 0.25) is 0 Å². The molecule has 0 spiro atoms. The molecule has 1 heterocycles. The summed E-state index contributed by atoms with van der Waals surface area (Å²) in [6.07, 6.45) is 6.49. The molecule has 6 aromatic rings. The first-order chi connectivity index (χ1) is 18.8. The summed E-state index contributed by atoms with van der Waals surface area (Å²) in [6.45, 7) is 0. The largest absolute Gasteiger partial charge is 0.454 e. The van der Waals surface area contributed by atoms with Gasteiger partial charge in [0.15, 0.2) is 5.58 Å². The fourth-order valence-corrected chi connectivity index (χ4v) is 5.51. The Kier molecular flexibility index (Phi) is 5.64. The van der Waals surface area contributed by atoms with Gasteiger partial charge in [-0.25, -0.2) is 0 Å². The molecule has 7 rings (SSSR count). The Bertz CT molecular complexity index is 1790. The highest BCUT2D eigenvalue weighted by atomic mass is 16.3. The van der Waals surface area contributed by atoms with Crippen molar-refractivity contribution in [3.63, 3.8) is 0 Å². The molecule has 2 nitrogen and oxygen atoms in total. The molecule has 0 unspecified atom stereocenters. The van der Waals surface area contributed by atoms with Crippen LogP contribution in [0.4, 0.5) is 11.4 Å². The molecule has 1 aromatic heterocycles. The highest BCUT2D eigenvalue weighted by Crippen LogP contribution is 2.42. The first-order valence-corrected chi connectivity index (χ1v) is 13.2. The smallest absolute Gasteiger partial charge is 0.159 e. The molecule has 0 saturated carbocycles. The lowest BCUT2D eigenvalue weighted by atomic mass is 9.95. The number of rotatable bonds is 5. The minimum atomic E-state index is 0.915. The van der Waals surface area contributed by atoms with Gasteiger partial charge in [-0.2, -0.15) is 0 Å². The van der Waals surface area contributed by atoms with Gasteiger partial charge in [0.25, 0.3) is 0 Å². The van der Waals surface area contributed by atoms with Gasteiger partial charge in [-0.15, -0.1) is 0 Å². The molecule has 0 saturated heterocycles. The van der Waals surface area contributed by atoms with E-state index in [1.165, 1.54) is 28.0 Å². The number of hydrogen-bond donors (Lipinski definition) is 0. The summed E-state index contributed by atoms with van der Waals surface area (Å²) in [5.74, 6) is 0. The summed E-state index contributed by atoms with van der Waals surface area (Å²) in [5, 5.41) is 2.29. The molecule has 2 heteroatoms. The van der Waals surface area contributed by atoms with E-state index in [-0.39, 0.29) is 0 Å². The molecule has 0 atom stereocenters. The summed E-state index contributed by atoms with van der Waals surface area (Å²) in [4.78, 5) is 2.37. The Morgan fingerprint density at radius 1 is 0.500 bits per heavy atom. The zero-order valence-electron chi connectivity index (χ0n) is 21.0. The van der Waals surface area contributed by atoms with Crippen molar-refractivity contribution >= 4 is 38.9 Å². The standard InChI is InChI=1S/C36H27NO/c1-3-10-26(11-4-1)28-18-22-30(23-19-28)37(31-24-20-29(21-25-31)27-12-5-2-6-13-27)34-16-9-15-33-32-14-7-8-17-35(32)38-36(33)34/h1-20,22-24H,21,25H2. The van der Waals surface area contributed by atoms with Crippen molar-refractivity contribution in [1.82, 2.24) is 0 Å². The topological polar surface area (TPSA) is 16.4 Å². The molecular weight excluding hydrogens is 462 g/mol. The van der Waals surface area contributed by atoms with E-state index in [2.05, 4.69) is 132 Å². The summed E-state index contributed by atoms with van der Waals surface area (Å²) in [5.41, 5.74) is 10.4. The molecule has 5 aromatic carbocycles. The second kappa shape index (κ2) is 9.57. The van der Waals surface area contributed by atoms with E-state index in [9.17, 15) is 0 Å². The Morgan fingerprint density at radius 2 is 1.16 bits per heavy atom. The quantitative estimate of drug-likeness (QED) is 0.239. The van der Waals surface area contributed by atoms with Crippen LogP contribution in [-0.2, 0) is 0 Å². The summed E-state index contributed by atoms with van der Waals surface area (Å²) >= 11 is 0. The van der Waals surface area contributed by atoms with Crippen molar-refractivity contribution in [3.8, 4) is 11.1 Å². The third-order valence-corrected chi connectivity index (χ3v) is 7.42. The molecule has 0 amide bonds. The zero-order chi connectivity index (χ0) is 25.3. The predicted molar refractivity (Wildman–Crippen MR) is 159 cm³/mol. The lowest BCUT2D eigenvalue weighted by molar-refractivity contribution is 0.668. The fourth-order valence-electron chi connectivity index (χ4n) is 5.51. The SMILES string of the molecule is C1=C(c2ccccc2)CCC(N(c2ccc(-c3ccccc3)cc2)c2cccc3c2oc2ccccc23)=C1. The van der Waals surface area contributed by atoms with Gasteiger partial charge in [0.2, 0.25) is 0 Å². The molecule has 0 bridgehead atoms. The molecule has 1 aliphatic carbocycles. The van der Waals surface area contributed by atoms with Crippen molar-refractivity contribution in [2.45, 2.75) is 12.8 Å². The third kappa shape index (κ3) is 4.01. The maximum Gasteiger partial charge on any atom is 0.159 e. The van der Waals surface area contributed by atoms with Crippen LogP contribution < -0.4 is 4.90 Å².